The monoisotopic (exact) mass is 935 g/mol. The van der Waals surface area contributed by atoms with E-state index in [9.17, 15) is 0 Å². The van der Waals surface area contributed by atoms with Crippen LogP contribution in [-0.2, 0) is 10.8 Å². The number of benzene rings is 11. The van der Waals surface area contributed by atoms with Gasteiger partial charge < -0.3 is 14.1 Å². The van der Waals surface area contributed by atoms with Crippen LogP contribution >= 0.6 is 11.8 Å². The first kappa shape index (κ1) is 40.0. The summed E-state index contributed by atoms with van der Waals surface area (Å²) in [6.45, 7) is 0. The van der Waals surface area contributed by atoms with Gasteiger partial charge in [0, 0.05) is 54.2 Å². The summed E-state index contributed by atoms with van der Waals surface area (Å²) in [5.74, 6) is 1.76. The molecule has 0 atom stereocenters. The van der Waals surface area contributed by atoms with Gasteiger partial charge in [0.25, 0.3) is 0 Å². The van der Waals surface area contributed by atoms with Crippen LogP contribution in [0.2, 0.25) is 0 Å². The van der Waals surface area contributed by atoms with Crippen LogP contribution < -0.4 is 9.64 Å². The number of hydrogen-bond acceptors (Lipinski definition) is 4. The number of ether oxygens (including phenoxy) is 1. The summed E-state index contributed by atoms with van der Waals surface area (Å²) in [5.41, 5.74) is 21.0. The lowest BCUT2D eigenvalue weighted by Crippen LogP contribution is -2.32. The quantitative estimate of drug-likeness (QED) is 0.176. The van der Waals surface area contributed by atoms with Gasteiger partial charge in [-0.15, -0.1) is 0 Å². The van der Waals surface area contributed by atoms with Crippen molar-refractivity contribution in [3.63, 3.8) is 0 Å². The average Bonchev–Trinajstić information content (AvgIpc) is 4.07. The first-order chi connectivity index (χ1) is 35.7. The molecule has 12 aromatic rings. The third kappa shape index (κ3) is 5.16. The molecule has 1 aromatic heterocycles. The Morgan fingerprint density at radius 3 is 1.60 bits per heavy atom. The molecule has 0 saturated heterocycles. The lowest BCUT2D eigenvalue weighted by atomic mass is 9.66. The summed E-state index contributed by atoms with van der Waals surface area (Å²) >= 11 is 1.88. The van der Waals surface area contributed by atoms with Gasteiger partial charge in [0.2, 0.25) is 0 Å². The van der Waals surface area contributed by atoms with Crippen LogP contribution in [0.3, 0.4) is 0 Å². The molecule has 0 fully saturated rings. The molecule has 0 radical (unpaired) electrons. The number of rotatable bonds is 4. The van der Waals surface area contributed by atoms with E-state index < -0.39 is 10.8 Å². The van der Waals surface area contributed by atoms with E-state index in [2.05, 4.69) is 248 Å². The topological polar surface area (TPSA) is 25.6 Å². The van der Waals surface area contributed by atoms with E-state index in [1.165, 1.54) is 65.4 Å². The fourth-order valence-electron chi connectivity index (χ4n) is 13.2. The summed E-state index contributed by atoms with van der Waals surface area (Å²) in [4.78, 5) is 5.09. The number of anilines is 3. The summed E-state index contributed by atoms with van der Waals surface area (Å²) in [5, 5.41) is 2.25. The van der Waals surface area contributed by atoms with E-state index >= 15 is 0 Å². The van der Waals surface area contributed by atoms with Gasteiger partial charge in [-0.2, -0.15) is 0 Å². The predicted molar refractivity (Wildman–Crippen MR) is 293 cm³/mol. The van der Waals surface area contributed by atoms with Gasteiger partial charge in [-0.1, -0.05) is 200 Å². The molecule has 0 N–H and O–H groups in total. The minimum Gasteiger partial charge on any atom is -0.457 e. The minimum atomic E-state index is -0.620. The van der Waals surface area contributed by atoms with Crippen LogP contribution in [0.25, 0.3) is 55.3 Å². The molecule has 11 aromatic carbocycles. The lowest BCUT2D eigenvalue weighted by Gasteiger charge is -2.40. The predicted octanol–water partition coefficient (Wildman–Crippen LogP) is 18.0. The molecule has 72 heavy (non-hydrogen) atoms. The first-order valence-corrected chi connectivity index (χ1v) is 25.6. The standard InChI is InChI=1S/C68H41NO2S/c1-4-22-51-46(17-1)47-40-39-44(41-58(47)68(51)55-26-8-13-33-63(55)72-64-34-14-9-27-56(64)68)69(43-37-35-42(36-38-43)45-20-15-21-49-48-18-3-10-30-60(48)71-66(45)49)59-29-16-28-57-65(59)50-19-2-5-23-52(50)67(57)53-24-6-11-31-61(53)70-62-32-12-7-25-54(62)67/h1-41H. The van der Waals surface area contributed by atoms with E-state index in [1.807, 2.05) is 17.8 Å². The number of nitrogens with zero attached hydrogens (tertiary/aromatic N) is 1. The Labute approximate surface area is 421 Å². The Bertz CT molecular complexity index is 4170. The highest BCUT2D eigenvalue weighted by atomic mass is 32.2. The van der Waals surface area contributed by atoms with E-state index in [-0.39, 0.29) is 0 Å². The molecule has 4 aliphatic rings. The van der Waals surface area contributed by atoms with Crippen molar-refractivity contribution in [2.45, 2.75) is 20.6 Å². The van der Waals surface area contributed by atoms with Crippen molar-refractivity contribution in [1.29, 1.82) is 0 Å². The summed E-state index contributed by atoms with van der Waals surface area (Å²) < 4.78 is 13.4. The van der Waals surface area contributed by atoms with E-state index in [0.717, 1.165) is 72.8 Å². The van der Waals surface area contributed by atoms with Crippen molar-refractivity contribution in [2.24, 2.45) is 0 Å². The molecule has 336 valence electrons. The number of furan rings is 1. The van der Waals surface area contributed by atoms with Crippen molar-refractivity contribution in [1.82, 2.24) is 0 Å². The second-order valence-corrected chi connectivity index (χ2v) is 20.5. The third-order valence-electron chi connectivity index (χ3n) is 16.0. The van der Waals surface area contributed by atoms with Crippen LogP contribution in [0.5, 0.6) is 11.5 Å². The lowest BCUT2D eigenvalue weighted by molar-refractivity contribution is 0.436. The molecule has 0 amide bonds. The molecule has 0 unspecified atom stereocenters. The van der Waals surface area contributed by atoms with E-state index in [1.54, 1.807) is 0 Å². The van der Waals surface area contributed by atoms with Crippen LogP contribution in [0.4, 0.5) is 17.1 Å². The van der Waals surface area contributed by atoms with Crippen molar-refractivity contribution >= 4 is 50.8 Å². The average molecular weight is 936 g/mol. The SMILES string of the molecule is c1ccc2c(c1)Oc1ccccc1C21c2ccccc2-c2c(N(c3ccc(-c4cccc5c4oc4ccccc45)cc3)c3ccc4c(c3)C3(c5ccccc5Sc5ccccc53)c3ccccc3-4)cccc21. The fraction of sp³-hybridized carbons (Fsp3) is 0.0294. The molecular formula is C68H41NO2S. The number of para-hydroxylation sites is 4. The largest absolute Gasteiger partial charge is 0.457 e. The zero-order valence-electron chi connectivity index (χ0n) is 38.8. The molecule has 3 nitrogen and oxygen atoms in total. The Morgan fingerprint density at radius 2 is 0.861 bits per heavy atom. The Balaban J connectivity index is 0.974. The van der Waals surface area contributed by atoms with Crippen LogP contribution in [0.15, 0.2) is 263 Å². The highest BCUT2D eigenvalue weighted by Gasteiger charge is 2.53. The Hall–Kier alpha value is -8.83. The highest BCUT2D eigenvalue weighted by Crippen LogP contribution is 2.66. The minimum absolute atomic E-state index is 0.536. The zero-order valence-corrected chi connectivity index (χ0v) is 39.7. The maximum Gasteiger partial charge on any atom is 0.143 e. The summed E-state index contributed by atoms with van der Waals surface area (Å²) in [7, 11) is 0. The smallest absolute Gasteiger partial charge is 0.143 e. The maximum absolute atomic E-state index is 6.76. The molecular weight excluding hydrogens is 895 g/mol. The van der Waals surface area contributed by atoms with Gasteiger partial charge in [0.1, 0.15) is 22.7 Å². The van der Waals surface area contributed by atoms with Gasteiger partial charge in [0.05, 0.1) is 16.5 Å². The number of fused-ring (bicyclic) bond motifs is 21. The molecule has 0 saturated carbocycles. The van der Waals surface area contributed by atoms with Crippen molar-refractivity contribution in [2.75, 3.05) is 4.90 Å². The molecule has 3 heterocycles. The van der Waals surface area contributed by atoms with Crippen LogP contribution in [-0.4, -0.2) is 0 Å². The van der Waals surface area contributed by atoms with E-state index in [0.29, 0.717) is 0 Å². The molecule has 16 rings (SSSR count). The van der Waals surface area contributed by atoms with Crippen molar-refractivity contribution in [3.05, 3.63) is 293 Å². The van der Waals surface area contributed by atoms with Crippen molar-refractivity contribution < 1.29 is 9.15 Å². The van der Waals surface area contributed by atoms with Crippen LogP contribution in [0.1, 0.15) is 44.5 Å². The van der Waals surface area contributed by atoms with Crippen LogP contribution in [0, 0.1) is 0 Å². The molecule has 2 aliphatic carbocycles. The molecule has 2 aliphatic heterocycles. The zero-order chi connectivity index (χ0) is 47.1. The van der Waals surface area contributed by atoms with Gasteiger partial charge in [-0.25, -0.2) is 0 Å². The fourth-order valence-corrected chi connectivity index (χ4v) is 14.4. The number of hydrogen-bond donors (Lipinski definition) is 0. The normalized spacial score (nSPS) is 14.4. The third-order valence-corrected chi connectivity index (χ3v) is 17.2. The van der Waals surface area contributed by atoms with Gasteiger partial charge in [-0.3, -0.25) is 0 Å². The van der Waals surface area contributed by atoms with Gasteiger partial charge >= 0.3 is 0 Å². The maximum atomic E-state index is 6.76. The van der Waals surface area contributed by atoms with Gasteiger partial charge in [0.15, 0.2) is 0 Å². The molecule has 2 spiro atoms. The highest BCUT2D eigenvalue weighted by molar-refractivity contribution is 7.99. The molecule has 4 heteroatoms. The van der Waals surface area contributed by atoms with Crippen molar-refractivity contribution in [3.8, 4) is 44.9 Å². The molecule has 0 bridgehead atoms. The van der Waals surface area contributed by atoms with Gasteiger partial charge in [-0.05, 0) is 116 Å². The summed E-state index contributed by atoms with van der Waals surface area (Å²) in [6, 6.07) is 91.6. The summed E-state index contributed by atoms with van der Waals surface area (Å²) in [6.07, 6.45) is 0. The first-order valence-electron chi connectivity index (χ1n) is 24.7. The Morgan fingerprint density at radius 1 is 0.347 bits per heavy atom. The second kappa shape index (κ2) is 14.8. The van der Waals surface area contributed by atoms with E-state index in [4.69, 9.17) is 9.15 Å². The Kier molecular flexibility index (Phi) is 8.24. The second-order valence-electron chi connectivity index (χ2n) is 19.4.